The SMILES string of the molecule is COc1ccc(Cl)cc1CN(C)C(=O)c1csc(CN)n1.Cl. The van der Waals surface area contributed by atoms with Gasteiger partial charge in [-0.1, -0.05) is 11.6 Å². The van der Waals surface area contributed by atoms with Crippen molar-refractivity contribution in [3.8, 4) is 5.75 Å². The highest BCUT2D eigenvalue weighted by Crippen LogP contribution is 2.24. The Morgan fingerprint density at radius 1 is 1.50 bits per heavy atom. The van der Waals surface area contributed by atoms with Crippen molar-refractivity contribution in [2.45, 2.75) is 13.1 Å². The third-order valence-electron chi connectivity index (χ3n) is 2.94. The molecule has 1 heterocycles. The van der Waals surface area contributed by atoms with Crippen LogP contribution in [0.15, 0.2) is 23.6 Å². The molecule has 0 aliphatic rings. The molecule has 5 nitrogen and oxygen atoms in total. The summed E-state index contributed by atoms with van der Waals surface area (Å²) in [4.78, 5) is 18.1. The number of thiazole rings is 1. The molecule has 120 valence electrons. The standard InChI is InChI=1S/C14H16ClN3O2S.ClH/c1-18(14(19)11-8-21-13(6-16)17-11)7-9-5-10(15)3-4-12(9)20-2;/h3-5,8H,6-7,16H2,1-2H3;1H. The summed E-state index contributed by atoms with van der Waals surface area (Å²) < 4.78 is 5.28. The molecule has 0 spiro atoms. The zero-order chi connectivity index (χ0) is 15.4. The lowest BCUT2D eigenvalue weighted by Crippen LogP contribution is -2.26. The number of carbonyl (C=O) groups is 1. The van der Waals surface area contributed by atoms with E-state index in [-0.39, 0.29) is 18.3 Å². The van der Waals surface area contributed by atoms with E-state index in [9.17, 15) is 4.79 Å². The zero-order valence-electron chi connectivity index (χ0n) is 12.2. The minimum Gasteiger partial charge on any atom is -0.496 e. The first-order valence-electron chi connectivity index (χ1n) is 6.27. The molecule has 2 rings (SSSR count). The number of aromatic nitrogens is 1. The first kappa shape index (κ1) is 18.7. The number of amides is 1. The zero-order valence-corrected chi connectivity index (χ0v) is 14.6. The highest BCUT2D eigenvalue weighted by Gasteiger charge is 2.17. The maximum atomic E-state index is 12.3. The number of benzene rings is 1. The summed E-state index contributed by atoms with van der Waals surface area (Å²) in [6, 6.07) is 5.32. The molecule has 0 radical (unpaired) electrons. The van der Waals surface area contributed by atoms with E-state index >= 15 is 0 Å². The third kappa shape index (κ3) is 4.33. The summed E-state index contributed by atoms with van der Waals surface area (Å²) in [5.74, 6) is 0.535. The largest absolute Gasteiger partial charge is 0.496 e. The van der Waals surface area contributed by atoms with Gasteiger partial charge in [0.15, 0.2) is 0 Å². The Morgan fingerprint density at radius 2 is 2.23 bits per heavy atom. The molecule has 2 aromatic rings. The van der Waals surface area contributed by atoms with Crippen molar-refractivity contribution in [3.63, 3.8) is 0 Å². The third-order valence-corrected chi connectivity index (χ3v) is 4.05. The molecule has 0 aliphatic carbocycles. The molecule has 1 aromatic heterocycles. The summed E-state index contributed by atoms with van der Waals surface area (Å²) in [5, 5.41) is 3.06. The number of rotatable bonds is 5. The topological polar surface area (TPSA) is 68.5 Å². The Morgan fingerprint density at radius 3 is 2.82 bits per heavy atom. The van der Waals surface area contributed by atoms with E-state index in [1.807, 2.05) is 0 Å². The number of hydrogen-bond donors (Lipinski definition) is 1. The van der Waals surface area contributed by atoms with E-state index < -0.39 is 0 Å². The Bertz CT molecular complexity index is 649. The molecular formula is C14H17Cl2N3O2S. The molecule has 2 N–H and O–H groups in total. The van der Waals surface area contributed by atoms with E-state index in [0.29, 0.717) is 29.6 Å². The molecule has 1 aromatic carbocycles. The molecule has 22 heavy (non-hydrogen) atoms. The van der Waals surface area contributed by atoms with E-state index in [1.165, 1.54) is 11.3 Å². The smallest absolute Gasteiger partial charge is 0.273 e. The van der Waals surface area contributed by atoms with E-state index in [0.717, 1.165) is 10.6 Å². The number of carbonyl (C=O) groups excluding carboxylic acids is 1. The Balaban J connectivity index is 0.00000242. The quantitative estimate of drug-likeness (QED) is 0.888. The summed E-state index contributed by atoms with van der Waals surface area (Å²) in [5.41, 5.74) is 6.76. The lowest BCUT2D eigenvalue weighted by atomic mass is 10.2. The van der Waals surface area contributed by atoms with Crippen LogP contribution in [-0.2, 0) is 13.1 Å². The second-order valence-corrected chi connectivity index (χ2v) is 5.83. The van der Waals surface area contributed by atoms with Gasteiger partial charge in [0.2, 0.25) is 0 Å². The van der Waals surface area contributed by atoms with Crippen LogP contribution in [0.25, 0.3) is 0 Å². The molecule has 8 heteroatoms. The minimum atomic E-state index is -0.159. The first-order valence-corrected chi connectivity index (χ1v) is 7.53. The number of nitrogens with zero attached hydrogens (tertiary/aromatic N) is 2. The molecule has 0 atom stereocenters. The molecule has 0 saturated heterocycles. The lowest BCUT2D eigenvalue weighted by molar-refractivity contribution is 0.0779. The van der Waals surface area contributed by atoms with Crippen molar-refractivity contribution < 1.29 is 9.53 Å². The predicted molar refractivity (Wildman–Crippen MR) is 91.1 cm³/mol. The number of halogens is 2. The van der Waals surface area contributed by atoms with Crippen LogP contribution < -0.4 is 10.5 Å². The second-order valence-electron chi connectivity index (χ2n) is 4.45. The molecule has 0 bridgehead atoms. The van der Waals surface area contributed by atoms with Gasteiger partial charge in [-0.15, -0.1) is 23.7 Å². The van der Waals surface area contributed by atoms with Gasteiger partial charge in [-0.05, 0) is 18.2 Å². The fourth-order valence-corrected chi connectivity index (χ4v) is 2.74. The van der Waals surface area contributed by atoms with Crippen LogP contribution in [0.4, 0.5) is 0 Å². The molecule has 0 unspecified atom stereocenters. The second kappa shape index (κ2) is 8.33. The highest BCUT2D eigenvalue weighted by atomic mass is 35.5. The molecule has 0 saturated carbocycles. The minimum absolute atomic E-state index is 0. The van der Waals surface area contributed by atoms with Crippen LogP contribution in [0.1, 0.15) is 21.1 Å². The van der Waals surface area contributed by atoms with Gasteiger partial charge < -0.3 is 15.4 Å². The summed E-state index contributed by atoms with van der Waals surface area (Å²) in [6.07, 6.45) is 0. The summed E-state index contributed by atoms with van der Waals surface area (Å²) >= 11 is 7.37. The average molecular weight is 362 g/mol. The van der Waals surface area contributed by atoms with Gasteiger partial charge in [0.05, 0.1) is 7.11 Å². The van der Waals surface area contributed by atoms with E-state index in [1.54, 1.807) is 42.6 Å². The Hall–Kier alpha value is -1.34. The predicted octanol–water partition coefficient (Wildman–Crippen LogP) is 2.96. The van der Waals surface area contributed by atoms with Gasteiger partial charge in [0.1, 0.15) is 16.5 Å². The maximum Gasteiger partial charge on any atom is 0.273 e. The van der Waals surface area contributed by atoms with Gasteiger partial charge in [-0.2, -0.15) is 0 Å². The van der Waals surface area contributed by atoms with Crippen molar-refractivity contribution in [2.75, 3.05) is 14.2 Å². The van der Waals surface area contributed by atoms with Crippen molar-refractivity contribution in [1.29, 1.82) is 0 Å². The molecule has 0 fully saturated rings. The van der Waals surface area contributed by atoms with E-state index in [2.05, 4.69) is 4.98 Å². The van der Waals surface area contributed by atoms with Gasteiger partial charge in [-0.3, -0.25) is 4.79 Å². The van der Waals surface area contributed by atoms with Crippen molar-refractivity contribution in [2.24, 2.45) is 5.73 Å². The number of hydrogen-bond acceptors (Lipinski definition) is 5. The number of ether oxygens (including phenoxy) is 1. The normalized spacial score (nSPS) is 10.0. The summed E-state index contributed by atoms with van der Waals surface area (Å²) in [6.45, 7) is 0.724. The Labute approximate surface area is 144 Å². The summed E-state index contributed by atoms with van der Waals surface area (Å²) in [7, 11) is 3.30. The highest BCUT2D eigenvalue weighted by molar-refractivity contribution is 7.09. The number of methoxy groups -OCH3 is 1. The van der Waals surface area contributed by atoms with Crippen LogP contribution in [0.3, 0.4) is 0 Å². The van der Waals surface area contributed by atoms with Crippen LogP contribution >= 0.6 is 35.3 Å². The first-order chi connectivity index (χ1) is 10.0. The van der Waals surface area contributed by atoms with Crippen molar-refractivity contribution in [3.05, 3.63) is 44.9 Å². The van der Waals surface area contributed by atoms with Crippen LogP contribution in [0, 0.1) is 0 Å². The van der Waals surface area contributed by atoms with Gasteiger partial charge in [0, 0.05) is 36.1 Å². The van der Waals surface area contributed by atoms with Gasteiger partial charge in [-0.25, -0.2) is 4.98 Å². The van der Waals surface area contributed by atoms with Crippen LogP contribution in [0.2, 0.25) is 5.02 Å². The maximum absolute atomic E-state index is 12.3. The fraction of sp³-hybridized carbons (Fsp3) is 0.286. The molecular weight excluding hydrogens is 345 g/mol. The van der Waals surface area contributed by atoms with E-state index in [4.69, 9.17) is 22.1 Å². The average Bonchev–Trinajstić information content (AvgIpc) is 2.95. The monoisotopic (exact) mass is 361 g/mol. The molecule has 1 amide bonds. The fourth-order valence-electron chi connectivity index (χ4n) is 1.90. The van der Waals surface area contributed by atoms with Crippen molar-refractivity contribution in [1.82, 2.24) is 9.88 Å². The van der Waals surface area contributed by atoms with Crippen LogP contribution in [-0.4, -0.2) is 29.9 Å². The Kier molecular flexibility index (Phi) is 7.09. The number of nitrogens with two attached hydrogens (primary N) is 1. The van der Waals surface area contributed by atoms with Crippen LogP contribution in [0.5, 0.6) is 5.75 Å². The van der Waals surface area contributed by atoms with Gasteiger partial charge >= 0.3 is 0 Å². The molecule has 0 aliphatic heterocycles. The lowest BCUT2D eigenvalue weighted by Gasteiger charge is -2.18. The van der Waals surface area contributed by atoms with Crippen molar-refractivity contribution >= 4 is 41.3 Å². The van der Waals surface area contributed by atoms with Gasteiger partial charge in [0.25, 0.3) is 5.91 Å².